The van der Waals surface area contributed by atoms with Gasteiger partial charge in [-0.15, -0.1) is 0 Å². The van der Waals surface area contributed by atoms with E-state index >= 15 is 0 Å². The topological polar surface area (TPSA) is 127 Å². The van der Waals surface area contributed by atoms with Crippen LogP contribution in [-0.2, 0) is 9.53 Å². The lowest BCUT2D eigenvalue weighted by atomic mass is 10.1. The number of hydrogen-bond donors (Lipinski definition) is 4. The van der Waals surface area contributed by atoms with Crippen LogP contribution >= 0.6 is 0 Å². The Labute approximate surface area is 145 Å². The number of aliphatic imine (C=N–C) groups is 1. The first-order valence-electron chi connectivity index (χ1n) is 8.39. The van der Waals surface area contributed by atoms with Crippen molar-refractivity contribution in [1.29, 1.82) is 0 Å². The molecule has 9 heteroatoms. The number of fused-ring (bicyclic) bond motifs is 1. The van der Waals surface area contributed by atoms with Crippen LogP contribution in [0, 0.1) is 5.41 Å². The number of nitrogens with two attached hydrogens (primary N) is 1. The Morgan fingerprint density at radius 3 is 3.12 bits per heavy atom. The minimum Gasteiger partial charge on any atom is -0.465 e. The summed E-state index contributed by atoms with van der Waals surface area (Å²) in [6, 6.07) is 0.477. The van der Waals surface area contributed by atoms with Crippen molar-refractivity contribution in [3.05, 3.63) is 17.6 Å². The van der Waals surface area contributed by atoms with E-state index in [1.165, 1.54) is 6.92 Å². The number of anilines is 1. The number of aromatic nitrogens is 2. The highest BCUT2D eigenvalue weighted by atomic mass is 16.5. The molecule has 0 bridgehead atoms. The van der Waals surface area contributed by atoms with Gasteiger partial charge in [0.25, 0.3) is 0 Å². The largest absolute Gasteiger partial charge is 0.465 e. The minimum absolute atomic E-state index is 0.0636. The molecule has 1 aromatic rings. The lowest BCUT2D eigenvalue weighted by Crippen LogP contribution is -2.34. The predicted molar refractivity (Wildman–Crippen MR) is 91.4 cm³/mol. The van der Waals surface area contributed by atoms with Crippen molar-refractivity contribution in [1.82, 2.24) is 14.9 Å². The average Bonchev–Trinajstić information content (AvgIpc) is 3.46. The van der Waals surface area contributed by atoms with Crippen molar-refractivity contribution in [3.8, 4) is 0 Å². The van der Waals surface area contributed by atoms with Crippen molar-refractivity contribution in [2.24, 2.45) is 16.1 Å². The number of guanidine groups is 1. The van der Waals surface area contributed by atoms with Gasteiger partial charge in [-0.1, -0.05) is 0 Å². The van der Waals surface area contributed by atoms with Gasteiger partial charge >= 0.3 is 5.97 Å². The van der Waals surface area contributed by atoms with Crippen molar-refractivity contribution < 1.29 is 14.6 Å². The van der Waals surface area contributed by atoms with E-state index < -0.39 is 5.41 Å². The number of esters is 1. The highest BCUT2D eigenvalue weighted by Crippen LogP contribution is 2.52. The summed E-state index contributed by atoms with van der Waals surface area (Å²) < 4.78 is 6.92. The molecule has 2 saturated carbocycles. The molecule has 1 aliphatic heterocycles. The van der Waals surface area contributed by atoms with Crippen LogP contribution in [0.3, 0.4) is 0 Å². The number of nitrogens with zero attached hydrogens (tertiary/aromatic N) is 3. The molecule has 0 radical (unpaired) electrons. The van der Waals surface area contributed by atoms with Crippen LogP contribution in [0.2, 0.25) is 0 Å². The van der Waals surface area contributed by atoms with Gasteiger partial charge in [-0.3, -0.25) is 14.7 Å². The zero-order chi connectivity index (χ0) is 17.6. The Bertz CT molecular complexity index is 766. The summed E-state index contributed by atoms with van der Waals surface area (Å²) in [7, 11) is 0. The second-order valence-electron chi connectivity index (χ2n) is 6.92. The summed E-state index contributed by atoms with van der Waals surface area (Å²) in [5.41, 5.74) is 7.23. The van der Waals surface area contributed by atoms with E-state index in [2.05, 4.69) is 20.6 Å². The van der Waals surface area contributed by atoms with Crippen molar-refractivity contribution >= 4 is 23.9 Å². The quantitative estimate of drug-likeness (QED) is 0.540. The highest BCUT2D eigenvalue weighted by Gasteiger charge is 2.50. The Balaban J connectivity index is 1.55. The molecule has 0 saturated heterocycles. The number of nitrogens with one attached hydrogen (secondary N) is 2. The first kappa shape index (κ1) is 16.1. The predicted octanol–water partition coefficient (Wildman–Crippen LogP) is 0.160. The summed E-state index contributed by atoms with van der Waals surface area (Å²) >= 11 is 0. The van der Waals surface area contributed by atoms with Crippen LogP contribution in [-0.4, -0.2) is 45.8 Å². The van der Waals surface area contributed by atoms with Crippen molar-refractivity contribution in [3.63, 3.8) is 0 Å². The zero-order valence-electron chi connectivity index (χ0n) is 14.0. The number of ether oxygens (including phenoxy) is 1. The Morgan fingerprint density at radius 1 is 1.64 bits per heavy atom. The zero-order valence-corrected chi connectivity index (χ0v) is 14.0. The molecule has 9 nitrogen and oxygen atoms in total. The van der Waals surface area contributed by atoms with E-state index in [4.69, 9.17) is 10.5 Å². The van der Waals surface area contributed by atoms with Crippen LogP contribution < -0.4 is 16.4 Å². The average molecular weight is 346 g/mol. The van der Waals surface area contributed by atoms with Gasteiger partial charge in [-0.2, -0.15) is 0 Å². The highest BCUT2D eigenvalue weighted by molar-refractivity contribution is 5.94. The molecular formula is C16H22N6O3. The smallest absolute Gasteiger partial charge is 0.302 e. The number of carbonyl (C=O) groups is 1. The van der Waals surface area contributed by atoms with Gasteiger partial charge in [0, 0.05) is 19.2 Å². The van der Waals surface area contributed by atoms with Gasteiger partial charge in [-0.25, -0.2) is 9.98 Å². The van der Waals surface area contributed by atoms with Crippen LogP contribution in [0.25, 0.3) is 6.20 Å². The molecule has 2 unspecified atom stereocenters. The molecule has 1 aromatic heterocycles. The molecule has 4 rings (SSSR count). The van der Waals surface area contributed by atoms with Crippen LogP contribution in [0.4, 0.5) is 5.82 Å². The van der Waals surface area contributed by atoms with E-state index in [0.717, 1.165) is 29.9 Å². The molecule has 3 aliphatic rings. The third kappa shape index (κ3) is 3.12. The molecule has 25 heavy (non-hydrogen) atoms. The lowest BCUT2D eigenvalue weighted by Gasteiger charge is -2.21. The van der Waals surface area contributed by atoms with Crippen molar-refractivity contribution in [2.45, 2.75) is 38.4 Å². The number of imidazole rings is 1. The molecule has 2 aliphatic carbocycles. The third-order valence-electron chi connectivity index (χ3n) is 4.80. The second kappa shape index (κ2) is 5.85. The van der Waals surface area contributed by atoms with Crippen molar-refractivity contribution in [2.75, 3.05) is 18.5 Å². The maximum atomic E-state index is 11.0. The number of aliphatic hydroxyl groups is 1. The lowest BCUT2D eigenvalue weighted by molar-refractivity contribution is -0.143. The molecule has 134 valence electrons. The molecule has 0 amide bonds. The van der Waals surface area contributed by atoms with E-state index in [-0.39, 0.29) is 25.3 Å². The second-order valence-corrected chi connectivity index (χ2v) is 6.92. The fraction of sp³-hybridized carbons (Fsp3) is 0.562. The molecule has 0 spiro atoms. The number of hydrogen-bond acceptors (Lipinski definition) is 8. The summed E-state index contributed by atoms with van der Waals surface area (Å²) in [5, 5.41) is 16.2. The Kier molecular flexibility index (Phi) is 3.77. The first-order valence-corrected chi connectivity index (χ1v) is 8.39. The van der Waals surface area contributed by atoms with Crippen LogP contribution in [0.1, 0.15) is 38.0 Å². The Hall–Kier alpha value is -2.39. The van der Waals surface area contributed by atoms with Gasteiger partial charge in [-0.05, 0) is 24.8 Å². The van der Waals surface area contributed by atoms with Gasteiger partial charge in [0.2, 0.25) is 0 Å². The number of carbonyl (C=O) groups excluding carboxylic acids is 1. The van der Waals surface area contributed by atoms with Crippen LogP contribution in [0.5, 0.6) is 0 Å². The summed E-state index contributed by atoms with van der Waals surface area (Å²) in [6.45, 7) is 1.48. The number of aliphatic hydroxyl groups excluding tert-OH is 1. The van der Waals surface area contributed by atoms with E-state index in [0.29, 0.717) is 18.4 Å². The van der Waals surface area contributed by atoms with Gasteiger partial charge in [0.05, 0.1) is 12.0 Å². The maximum Gasteiger partial charge on any atom is 0.302 e. The molecule has 2 heterocycles. The standard InChI is InChI=1S/C16H22N6O3/c1-9(24)25-7-16(6-23)4-10(16)5-22-8-18-12-13(19-11-2-3-11)20-15(17)21-14(12)22/h5,8,11,13,19,23H,2-4,6-7H2,1H3,(H3,17,20,21). The van der Waals surface area contributed by atoms with E-state index in [1.807, 2.05) is 10.8 Å². The third-order valence-corrected chi connectivity index (χ3v) is 4.80. The monoisotopic (exact) mass is 346 g/mol. The van der Waals surface area contributed by atoms with Gasteiger partial charge in [0.15, 0.2) is 5.96 Å². The van der Waals surface area contributed by atoms with Crippen LogP contribution in [0.15, 0.2) is 16.9 Å². The van der Waals surface area contributed by atoms with E-state index in [1.54, 1.807) is 6.33 Å². The SMILES string of the molecule is CC(=O)OCC1(CO)CC1=Cn1cnc2c1NC(N)=NC2NC1CC1. The maximum absolute atomic E-state index is 11.0. The number of rotatable bonds is 6. The summed E-state index contributed by atoms with van der Waals surface area (Å²) in [6.07, 6.45) is 6.34. The fourth-order valence-corrected chi connectivity index (χ4v) is 3.00. The fourth-order valence-electron chi connectivity index (χ4n) is 3.00. The van der Waals surface area contributed by atoms with Gasteiger partial charge < -0.3 is 20.9 Å². The molecule has 2 fully saturated rings. The van der Waals surface area contributed by atoms with E-state index in [9.17, 15) is 9.90 Å². The first-order chi connectivity index (χ1) is 12.0. The Morgan fingerprint density at radius 2 is 2.44 bits per heavy atom. The molecular weight excluding hydrogens is 324 g/mol. The summed E-state index contributed by atoms with van der Waals surface area (Å²) in [4.78, 5) is 19.9. The molecule has 5 N–H and O–H groups in total. The normalized spacial score (nSPS) is 29.0. The molecule has 0 aromatic carbocycles. The summed E-state index contributed by atoms with van der Waals surface area (Å²) in [5.74, 6) is 0.762. The molecule has 2 atom stereocenters. The van der Waals surface area contributed by atoms with Gasteiger partial charge in [0.1, 0.15) is 30.6 Å². The minimum atomic E-state index is -0.483.